The van der Waals surface area contributed by atoms with Crippen LogP contribution in [0, 0.1) is 0 Å². The lowest BCUT2D eigenvalue weighted by Crippen LogP contribution is -2.35. The van der Waals surface area contributed by atoms with Gasteiger partial charge in [0.15, 0.2) is 0 Å². The molecule has 2 aromatic heterocycles. The summed E-state index contributed by atoms with van der Waals surface area (Å²) in [5.41, 5.74) is 2.27. The average Bonchev–Trinajstić information content (AvgIpc) is 3.20. The van der Waals surface area contributed by atoms with Crippen LogP contribution in [0.5, 0.6) is 0 Å². The molecule has 8 heteroatoms. The number of benzene rings is 1. The Morgan fingerprint density at radius 2 is 1.96 bits per heavy atom. The molecular formula is C19H17N5O3. The second kappa shape index (κ2) is 6.99. The van der Waals surface area contributed by atoms with Crippen LogP contribution in [-0.2, 0) is 11.2 Å². The van der Waals surface area contributed by atoms with Crippen molar-refractivity contribution in [2.45, 2.75) is 12.8 Å². The number of nitrogens with zero attached hydrogens (tertiary/aromatic N) is 3. The van der Waals surface area contributed by atoms with Gasteiger partial charge in [0.05, 0.1) is 16.6 Å². The Labute approximate surface area is 154 Å². The van der Waals surface area contributed by atoms with Gasteiger partial charge in [0.25, 0.3) is 11.8 Å². The van der Waals surface area contributed by atoms with Crippen molar-refractivity contribution in [3.05, 3.63) is 59.7 Å². The number of imidazole rings is 1. The number of hydrogen-bond acceptors (Lipinski definition) is 5. The number of amides is 3. The van der Waals surface area contributed by atoms with Crippen LogP contribution < -0.4 is 5.32 Å². The van der Waals surface area contributed by atoms with Crippen molar-refractivity contribution in [2.24, 2.45) is 0 Å². The lowest BCUT2D eigenvalue weighted by molar-refractivity contribution is -0.121. The van der Waals surface area contributed by atoms with E-state index in [1.165, 1.54) is 6.20 Å². The van der Waals surface area contributed by atoms with Crippen LogP contribution in [0.15, 0.2) is 42.6 Å². The van der Waals surface area contributed by atoms with Gasteiger partial charge in [-0.3, -0.25) is 24.3 Å². The van der Waals surface area contributed by atoms with E-state index in [1.807, 2.05) is 24.3 Å². The summed E-state index contributed by atoms with van der Waals surface area (Å²) in [6, 6.07) is 10.9. The maximum atomic E-state index is 12.2. The van der Waals surface area contributed by atoms with Gasteiger partial charge in [0, 0.05) is 32.1 Å². The van der Waals surface area contributed by atoms with Crippen molar-refractivity contribution in [1.29, 1.82) is 0 Å². The molecule has 0 radical (unpaired) electrons. The predicted molar refractivity (Wildman–Crippen MR) is 97.0 cm³/mol. The number of pyridine rings is 1. The first-order valence-corrected chi connectivity index (χ1v) is 8.65. The minimum absolute atomic E-state index is 0.0322. The van der Waals surface area contributed by atoms with Gasteiger partial charge in [-0.05, 0) is 24.3 Å². The summed E-state index contributed by atoms with van der Waals surface area (Å²) in [7, 11) is 0. The van der Waals surface area contributed by atoms with Crippen LogP contribution in [0.3, 0.4) is 0 Å². The number of carbonyl (C=O) groups excluding carboxylic acids is 3. The monoisotopic (exact) mass is 363 g/mol. The van der Waals surface area contributed by atoms with E-state index in [4.69, 9.17) is 0 Å². The molecule has 0 bridgehead atoms. The Morgan fingerprint density at radius 3 is 2.78 bits per heavy atom. The molecule has 27 heavy (non-hydrogen) atoms. The lowest BCUT2D eigenvalue weighted by atomic mass is 10.2. The van der Waals surface area contributed by atoms with Crippen molar-refractivity contribution >= 4 is 28.8 Å². The smallest absolute Gasteiger partial charge is 0.280 e. The van der Waals surface area contributed by atoms with Gasteiger partial charge in [-0.25, -0.2) is 4.98 Å². The molecule has 0 unspecified atom stereocenters. The number of rotatable bonds is 6. The molecule has 1 aliphatic heterocycles. The van der Waals surface area contributed by atoms with Crippen molar-refractivity contribution in [2.75, 3.05) is 13.1 Å². The topological polar surface area (TPSA) is 108 Å². The van der Waals surface area contributed by atoms with E-state index >= 15 is 0 Å². The van der Waals surface area contributed by atoms with Crippen LogP contribution in [0.4, 0.5) is 0 Å². The molecule has 0 atom stereocenters. The van der Waals surface area contributed by atoms with Crippen LogP contribution in [-0.4, -0.2) is 50.7 Å². The SMILES string of the molecule is O=C(CCN1C(=O)c2cccnc2C1=O)NCCc1nc2ccccc2[nH]1. The summed E-state index contributed by atoms with van der Waals surface area (Å²) in [6.07, 6.45) is 2.08. The number of fused-ring (bicyclic) bond motifs is 2. The summed E-state index contributed by atoms with van der Waals surface area (Å²) in [6.45, 7) is 0.451. The summed E-state index contributed by atoms with van der Waals surface area (Å²) in [5.74, 6) is -0.289. The fourth-order valence-corrected chi connectivity index (χ4v) is 3.06. The zero-order valence-electron chi connectivity index (χ0n) is 14.4. The quantitative estimate of drug-likeness (QED) is 0.642. The Hall–Kier alpha value is -3.55. The summed E-state index contributed by atoms with van der Waals surface area (Å²) in [5, 5.41) is 2.79. The summed E-state index contributed by atoms with van der Waals surface area (Å²) in [4.78, 5) is 49.1. The third kappa shape index (κ3) is 3.29. The minimum Gasteiger partial charge on any atom is -0.356 e. The molecule has 0 saturated carbocycles. The fraction of sp³-hybridized carbons (Fsp3) is 0.211. The van der Waals surface area contributed by atoms with Crippen LogP contribution >= 0.6 is 0 Å². The van der Waals surface area contributed by atoms with E-state index in [0.29, 0.717) is 13.0 Å². The highest BCUT2D eigenvalue weighted by atomic mass is 16.2. The number of hydrogen-bond donors (Lipinski definition) is 2. The highest BCUT2D eigenvalue weighted by molar-refractivity contribution is 6.20. The van der Waals surface area contributed by atoms with Gasteiger partial charge >= 0.3 is 0 Å². The molecule has 8 nitrogen and oxygen atoms in total. The van der Waals surface area contributed by atoms with Crippen molar-refractivity contribution in [1.82, 2.24) is 25.2 Å². The zero-order chi connectivity index (χ0) is 18.8. The zero-order valence-corrected chi connectivity index (χ0v) is 14.4. The van der Waals surface area contributed by atoms with Crippen molar-refractivity contribution in [3.8, 4) is 0 Å². The second-order valence-electron chi connectivity index (χ2n) is 6.21. The van der Waals surface area contributed by atoms with Crippen LogP contribution in [0.1, 0.15) is 33.1 Å². The third-order valence-electron chi connectivity index (χ3n) is 4.42. The number of aromatic amines is 1. The Balaban J connectivity index is 1.27. The first-order valence-electron chi connectivity index (χ1n) is 8.65. The molecule has 0 aliphatic carbocycles. The van der Waals surface area contributed by atoms with Crippen molar-refractivity contribution in [3.63, 3.8) is 0 Å². The second-order valence-corrected chi connectivity index (χ2v) is 6.21. The number of nitrogens with one attached hydrogen (secondary N) is 2. The first-order chi connectivity index (χ1) is 13.1. The molecule has 2 N–H and O–H groups in total. The predicted octanol–water partition coefficient (Wildman–Crippen LogP) is 1.30. The fourth-order valence-electron chi connectivity index (χ4n) is 3.06. The molecule has 4 rings (SSSR count). The number of H-pyrrole nitrogens is 1. The maximum absolute atomic E-state index is 12.2. The summed E-state index contributed by atoms with van der Waals surface area (Å²) >= 11 is 0. The van der Waals surface area contributed by atoms with E-state index in [2.05, 4.69) is 20.3 Å². The highest BCUT2D eigenvalue weighted by Gasteiger charge is 2.36. The van der Waals surface area contributed by atoms with Crippen LogP contribution in [0.25, 0.3) is 11.0 Å². The molecule has 0 spiro atoms. The van der Waals surface area contributed by atoms with Gasteiger partial charge in [-0.2, -0.15) is 0 Å². The molecule has 3 amide bonds. The van der Waals surface area contributed by atoms with Crippen LogP contribution in [0.2, 0.25) is 0 Å². The van der Waals surface area contributed by atoms with E-state index < -0.39 is 11.8 Å². The summed E-state index contributed by atoms with van der Waals surface area (Å²) < 4.78 is 0. The lowest BCUT2D eigenvalue weighted by Gasteiger charge is -2.13. The largest absolute Gasteiger partial charge is 0.356 e. The Bertz CT molecular complexity index is 975. The standard InChI is InChI=1S/C19H17N5O3/c25-16(20-10-7-15-22-13-5-1-2-6-14(13)23-15)8-11-24-18(26)12-4-3-9-21-17(12)19(24)27/h1-6,9H,7-8,10-11H2,(H,20,25)(H,22,23). The van der Waals surface area contributed by atoms with Gasteiger partial charge in [0.2, 0.25) is 5.91 Å². The third-order valence-corrected chi connectivity index (χ3v) is 4.42. The van der Waals surface area contributed by atoms with E-state index in [-0.39, 0.29) is 30.1 Å². The Kier molecular flexibility index (Phi) is 4.37. The van der Waals surface area contributed by atoms with E-state index in [1.54, 1.807) is 12.1 Å². The number of aromatic nitrogens is 3. The molecule has 136 valence electrons. The van der Waals surface area contributed by atoms with Gasteiger partial charge < -0.3 is 10.3 Å². The van der Waals surface area contributed by atoms with E-state index in [9.17, 15) is 14.4 Å². The molecule has 3 aromatic rings. The number of carbonyl (C=O) groups is 3. The molecule has 3 heterocycles. The molecule has 0 saturated heterocycles. The highest BCUT2D eigenvalue weighted by Crippen LogP contribution is 2.20. The number of para-hydroxylation sites is 2. The van der Waals surface area contributed by atoms with Gasteiger partial charge in [0.1, 0.15) is 11.5 Å². The van der Waals surface area contributed by atoms with Gasteiger partial charge in [-0.1, -0.05) is 12.1 Å². The maximum Gasteiger partial charge on any atom is 0.280 e. The molecular weight excluding hydrogens is 346 g/mol. The Morgan fingerprint density at radius 1 is 1.11 bits per heavy atom. The molecule has 0 fully saturated rings. The molecule has 1 aliphatic rings. The molecule has 1 aromatic carbocycles. The average molecular weight is 363 g/mol. The number of imide groups is 1. The normalized spacial score (nSPS) is 13.3. The van der Waals surface area contributed by atoms with Crippen molar-refractivity contribution < 1.29 is 14.4 Å². The first kappa shape index (κ1) is 16.9. The van der Waals surface area contributed by atoms with E-state index in [0.717, 1.165) is 21.8 Å². The van der Waals surface area contributed by atoms with Gasteiger partial charge in [-0.15, -0.1) is 0 Å². The minimum atomic E-state index is -0.453.